The van der Waals surface area contributed by atoms with Gasteiger partial charge in [-0.3, -0.25) is 4.31 Å². The standard InChI is InChI=1S/C18H25Cl2FN2O2S/c1-22(26-3)14-6-9-23(10-7-14)11-8-18(21,17(24)25-2)13-4-5-15(19)16(20)12-13/h4-5,12,14H,6-11H2,1-3H3. The normalized spacial score (nSPS) is 18.7. The van der Waals surface area contributed by atoms with Crippen molar-refractivity contribution in [3.05, 3.63) is 33.8 Å². The summed E-state index contributed by atoms with van der Waals surface area (Å²) in [6.45, 7) is 2.24. The van der Waals surface area contributed by atoms with Crippen molar-refractivity contribution in [2.45, 2.75) is 31.0 Å². The molecule has 8 heteroatoms. The van der Waals surface area contributed by atoms with Gasteiger partial charge in [0.15, 0.2) is 0 Å². The molecule has 0 amide bonds. The number of esters is 1. The lowest BCUT2D eigenvalue weighted by atomic mass is 9.91. The molecule has 0 N–H and O–H groups in total. The SMILES string of the molecule is COC(=O)C(F)(CCN1CCC(N(C)SC)CC1)c1ccc(Cl)c(Cl)c1. The Hall–Kier alpha value is -0.530. The fourth-order valence-electron chi connectivity index (χ4n) is 3.24. The highest BCUT2D eigenvalue weighted by Crippen LogP contribution is 2.35. The number of likely N-dealkylation sites (tertiary alicyclic amines) is 1. The van der Waals surface area contributed by atoms with Gasteiger partial charge in [0, 0.05) is 24.6 Å². The minimum absolute atomic E-state index is 0.0146. The molecule has 4 nitrogen and oxygen atoms in total. The van der Waals surface area contributed by atoms with E-state index >= 15 is 4.39 Å². The predicted molar refractivity (Wildman–Crippen MR) is 107 cm³/mol. The largest absolute Gasteiger partial charge is 0.466 e. The first-order valence-corrected chi connectivity index (χ1v) is 10.5. The van der Waals surface area contributed by atoms with E-state index in [1.807, 2.05) is 0 Å². The molecular formula is C18H25Cl2FN2O2S. The lowest BCUT2D eigenvalue weighted by molar-refractivity contribution is -0.156. The van der Waals surface area contributed by atoms with Crippen LogP contribution in [0.15, 0.2) is 18.2 Å². The van der Waals surface area contributed by atoms with E-state index in [2.05, 4.69) is 22.5 Å². The first-order chi connectivity index (χ1) is 12.3. The van der Waals surface area contributed by atoms with Crippen LogP contribution in [-0.2, 0) is 15.2 Å². The number of alkyl halides is 1. The maximum absolute atomic E-state index is 15.6. The van der Waals surface area contributed by atoms with Gasteiger partial charge >= 0.3 is 5.97 Å². The Kier molecular flexibility index (Phi) is 8.04. The van der Waals surface area contributed by atoms with E-state index in [0.717, 1.165) is 25.9 Å². The maximum atomic E-state index is 15.6. The number of rotatable bonds is 7. The number of carbonyl (C=O) groups excluding carboxylic acids is 1. The number of halogens is 3. The molecule has 1 aromatic carbocycles. The van der Waals surface area contributed by atoms with Gasteiger partial charge in [-0.1, -0.05) is 41.2 Å². The molecule has 1 aliphatic heterocycles. The van der Waals surface area contributed by atoms with Gasteiger partial charge in [-0.15, -0.1) is 0 Å². The van der Waals surface area contributed by atoms with Gasteiger partial charge in [0.1, 0.15) is 0 Å². The van der Waals surface area contributed by atoms with E-state index < -0.39 is 11.6 Å². The van der Waals surface area contributed by atoms with Crippen molar-refractivity contribution >= 4 is 41.1 Å². The Morgan fingerprint density at radius 1 is 1.38 bits per heavy atom. The van der Waals surface area contributed by atoms with Gasteiger partial charge in [0.25, 0.3) is 0 Å². The zero-order valence-corrected chi connectivity index (χ0v) is 17.6. The molecule has 146 valence electrons. The van der Waals surface area contributed by atoms with Crippen molar-refractivity contribution in [1.29, 1.82) is 0 Å². The molecular weight excluding hydrogens is 398 g/mol. The number of carbonyl (C=O) groups is 1. The fraction of sp³-hybridized carbons (Fsp3) is 0.611. The van der Waals surface area contributed by atoms with Crippen LogP contribution in [0.4, 0.5) is 4.39 Å². The van der Waals surface area contributed by atoms with Gasteiger partial charge < -0.3 is 9.64 Å². The van der Waals surface area contributed by atoms with Crippen LogP contribution in [0.1, 0.15) is 24.8 Å². The van der Waals surface area contributed by atoms with Crippen molar-refractivity contribution in [1.82, 2.24) is 9.21 Å². The summed E-state index contributed by atoms with van der Waals surface area (Å²) in [6, 6.07) is 4.93. The molecule has 0 aromatic heterocycles. The van der Waals surface area contributed by atoms with Crippen LogP contribution in [-0.4, -0.2) is 61.3 Å². The van der Waals surface area contributed by atoms with Gasteiger partial charge in [0.2, 0.25) is 5.67 Å². The third-order valence-electron chi connectivity index (χ3n) is 5.02. The summed E-state index contributed by atoms with van der Waals surface area (Å²) in [5, 5.41) is 0.540. The number of ether oxygens (including phenoxy) is 1. The Labute approximate surface area is 169 Å². The van der Waals surface area contributed by atoms with Gasteiger partial charge in [0.05, 0.1) is 17.2 Å². The van der Waals surface area contributed by atoms with Crippen molar-refractivity contribution in [3.63, 3.8) is 0 Å². The second kappa shape index (κ2) is 9.60. The highest BCUT2D eigenvalue weighted by molar-refractivity contribution is 7.96. The van der Waals surface area contributed by atoms with Crippen LogP contribution in [0.2, 0.25) is 10.0 Å². The van der Waals surface area contributed by atoms with Gasteiger partial charge in [-0.2, -0.15) is 0 Å². The monoisotopic (exact) mass is 422 g/mol. The van der Waals surface area contributed by atoms with E-state index in [1.54, 1.807) is 11.9 Å². The topological polar surface area (TPSA) is 32.8 Å². The first kappa shape index (κ1) is 21.8. The second-order valence-electron chi connectivity index (χ2n) is 6.47. The first-order valence-electron chi connectivity index (χ1n) is 8.54. The zero-order valence-electron chi connectivity index (χ0n) is 15.3. The average molecular weight is 423 g/mol. The minimum atomic E-state index is -2.24. The molecule has 1 saturated heterocycles. The number of piperidine rings is 1. The molecule has 26 heavy (non-hydrogen) atoms. The maximum Gasteiger partial charge on any atom is 0.348 e. The smallest absolute Gasteiger partial charge is 0.348 e. The number of nitrogens with zero attached hydrogens (tertiary/aromatic N) is 2. The molecule has 0 aliphatic carbocycles. The number of benzene rings is 1. The van der Waals surface area contributed by atoms with Crippen LogP contribution < -0.4 is 0 Å². The number of hydrogen-bond acceptors (Lipinski definition) is 5. The van der Waals surface area contributed by atoms with E-state index in [9.17, 15) is 4.79 Å². The molecule has 0 saturated carbocycles. The van der Waals surface area contributed by atoms with Crippen molar-refractivity contribution in [2.24, 2.45) is 0 Å². The Bertz CT molecular complexity index is 629. The lowest BCUT2D eigenvalue weighted by Crippen LogP contribution is -2.43. The van der Waals surface area contributed by atoms with Crippen LogP contribution in [0, 0.1) is 0 Å². The quantitative estimate of drug-likeness (QED) is 0.480. The summed E-state index contributed by atoms with van der Waals surface area (Å²) in [5.74, 6) is -0.909. The summed E-state index contributed by atoms with van der Waals surface area (Å²) >= 11 is 13.6. The molecule has 0 radical (unpaired) electrons. The zero-order chi connectivity index (χ0) is 19.3. The Morgan fingerprint density at radius 2 is 2.04 bits per heavy atom. The van der Waals surface area contributed by atoms with Crippen LogP contribution >= 0.6 is 35.1 Å². The number of methoxy groups -OCH3 is 1. The molecule has 2 rings (SSSR count). The summed E-state index contributed by atoms with van der Waals surface area (Å²) in [6.07, 6.45) is 4.14. The molecule has 1 unspecified atom stereocenters. The van der Waals surface area contributed by atoms with Crippen molar-refractivity contribution in [3.8, 4) is 0 Å². The highest BCUT2D eigenvalue weighted by Gasteiger charge is 2.42. The van der Waals surface area contributed by atoms with Gasteiger partial charge in [-0.05, 0) is 51.4 Å². The Morgan fingerprint density at radius 3 is 2.58 bits per heavy atom. The molecule has 1 fully saturated rings. The molecule has 1 aliphatic rings. The van der Waals surface area contributed by atoms with Crippen LogP contribution in [0.5, 0.6) is 0 Å². The number of hydrogen-bond donors (Lipinski definition) is 0. The molecule has 1 heterocycles. The molecule has 1 aromatic rings. The van der Waals surface area contributed by atoms with E-state index in [4.69, 9.17) is 27.9 Å². The third-order valence-corrected chi connectivity index (χ3v) is 6.63. The second-order valence-corrected chi connectivity index (χ2v) is 8.23. The summed E-state index contributed by atoms with van der Waals surface area (Å²) in [5.41, 5.74) is -2.06. The lowest BCUT2D eigenvalue weighted by Gasteiger charge is -2.36. The summed E-state index contributed by atoms with van der Waals surface area (Å²) in [7, 11) is 3.29. The molecule has 0 spiro atoms. The van der Waals surface area contributed by atoms with Crippen molar-refractivity contribution < 1.29 is 13.9 Å². The summed E-state index contributed by atoms with van der Waals surface area (Å²) in [4.78, 5) is 14.4. The summed E-state index contributed by atoms with van der Waals surface area (Å²) < 4.78 is 22.6. The average Bonchev–Trinajstić information content (AvgIpc) is 2.67. The molecule has 0 bridgehead atoms. The Balaban J connectivity index is 2.05. The highest BCUT2D eigenvalue weighted by atomic mass is 35.5. The molecule has 1 atom stereocenters. The third kappa shape index (κ3) is 5.04. The minimum Gasteiger partial charge on any atom is -0.466 e. The van der Waals surface area contributed by atoms with E-state index in [0.29, 0.717) is 17.6 Å². The van der Waals surface area contributed by atoms with E-state index in [-0.39, 0.29) is 17.0 Å². The van der Waals surface area contributed by atoms with E-state index in [1.165, 1.54) is 25.3 Å². The van der Waals surface area contributed by atoms with Crippen LogP contribution in [0.25, 0.3) is 0 Å². The van der Waals surface area contributed by atoms with Crippen molar-refractivity contribution in [2.75, 3.05) is 40.0 Å². The van der Waals surface area contributed by atoms with Gasteiger partial charge in [-0.25, -0.2) is 9.18 Å². The fourth-order valence-corrected chi connectivity index (χ4v) is 4.04. The van der Waals surface area contributed by atoms with Crippen LogP contribution in [0.3, 0.4) is 0 Å². The predicted octanol–water partition coefficient (Wildman–Crippen LogP) is 4.40.